The number of halogens is 2. The van der Waals surface area contributed by atoms with E-state index in [4.69, 9.17) is 0 Å². The number of rotatable bonds is 1. The summed E-state index contributed by atoms with van der Waals surface area (Å²) in [7, 11) is 0. The largest absolute Gasteiger partial charge is 0.369 e. The van der Waals surface area contributed by atoms with Crippen LogP contribution in [0.5, 0.6) is 0 Å². The molecule has 0 spiro atoms. The summed E-state index contributed by atoms with van der Waals surface area (Å²) in [4.78, 5) is 2.92. The number of aromatic amines is 1. The van der Waals surface area contributed by atoms with Crippen molar-refractivity contribution in [2.75, 3.05) is 5.32 Å². The fourth-order valence-electron chi connectivity index (χ4n) is 4.17. The molecule has 0 fully saturated rings. The van der Waals surface area contributed by atoms with Gasteiger partial charge in [0, 0.05) is 11.6 Å². The number of benzene rings is 2. The van der Waals surface area contributed by atoms with Crippen molar-refractivity contribution in [1.82, 2.24) is 19.7 Å². The van der Waals surface area contributed by atoms with Crippen LogP contribution >= 0.6 is 0 Å². The molecule has 0 saturated carbocycles. The molecule has 1 aliphatic rings. The Morgan fingerprint density at radius 3 is 2.57 bits per heavy atom. The maximum atomic E-state index is 15.3. The van der Waals surface area contributed by atoms with Gasteiger partial charge in [-0.25, -0.2) is 8.78 Å². The Morgan fingerprint density at radius 1 is 1.00 bits per heavy atom. The zero-order valence-electron chi connectivity index (χ0n) is 16.0. The third-order valence-corrected chi connectivity index (χ3v) is 5.51. The Balaban J connectivity index is 1.86. The first kappa shape index (κ1) is 16.9. The lowest BCUT2D eigenvalue weighted by atomic mass is 9.92. The van der Waals surface area contributed by atoms with Crippen molar-refractivity contribution in [1.29, 1.82) is 0 Å². The number of H-pyrrole nitrogens is 1. The van der Waals surface area contributed by atoms with E-state index in [1.54, 1.807) is 18.3 Å². The van der Waals surface area contributed by atoms with E-state index in [-0.39, 0.29) is 11.6 Å². The molecule has 5 nitrogen and oxygen atoms in total. The number of aryl methyl sites for hydroxylation is 1. The summed E-state index contributed by atoms with van der Waals surface area (Å²) in [6.07, 6.45) is 1.69. The second kappa shape index (κ2) is 5.41. The molecule has 142 valence electrons. The molecule has 0 amide bonds. The molecule has 0 radical (unpaired) electrons. The van der Waals surface area contributed by atoms with Crippen molar-refractivity contribution < 1.29 is 8.78 Å². The van der Waals surface area contributed by atoms with E-state index in [2.05, 4.69) is 20.5 Å². The van der Waals surface area contributed by atoms with Crippen LogP contribution in [-0.4, -0.2) is 19.7 Å². The smallest absolute Gasteiger partial charge is 0.162 e. The van der Waals surface area contributed by atoms with Gasteiger partial charge in [0.25, 0.3) is 0 Å². The lowest BCUT2D eigenvalue weighted by molar-refractivity contribution is 0.521. The van der Waals surface area contributed by atoms with Gasteiger partial charge in [-0.05, 0) is 62.6 Å². The Labute approximate surface area is 160 Å². The fraction of sp³-hybridized carbons (Fsp3) is 0.238. The van der Waals surface area contributed by atoms with E-state index in [1.165, 1.54) is 12.1 Å². The minimum Gasteiger partial charge on any atom is -0.369 e. The van der Waals surface area contributed by atoms with Crippen LogP contribution in [0.2, 0.25) is 0 Å². The SMILES string of the molecule is Cc1c(-c2ccc(F)c3[nH]ccc23)cc(F)c2c1-n1c(C)nnc1C(C)(C)N2. The van der Waals surface area contributed by atoms with Crippen molar-refractivity contribution in [2.24, 2.45) is 0 Å². The predicted molar refractivity (Wildman–Crippen MR) is 105 cm³/mol. The summed E-state index contributed by atoms with van der Waals surface area (Å²) in [5, 5.41) is 12.5. The average Bonchev–Trinajstić information content (AvgIpc) is 3.27. The first-order chi connectivity index (χ1) is 13.3. The highest BCUT2D eigenvalue weighted by Crippen LogP contribution is 2.44. The number of hydrogen-bond donors (Lipinski definition) is 2. The first-order valence-corrected chi connectivity index (χ1v) is 9.09. The van der Waals surface area contributed by atoms with Gasteiger partial charge in [-0.2, -0.15) is 0 Å². The molecule has 0 bridgehead atoms. The molecule has 2 N–H and O–H groups in total. The average molecular weight is 379 g/mol. The predicted octanol–water partition coefficient (Wildman–Crippen LogP) is 4.97. The maximum absolute atomic E-state index is 15.3. The summed E-state index contributed by atoms with van der Waals surface area (Å²) in [5.74, 6) is 0.718. The number of anilines is 1. The first-order valence-electron chi connectivity index (χ1n) is 9.09. The summed E-state index contributed by atoms with van der Waals surface area (Å²) in [6, 6.07) is 6.42. The van der Waals surface area contributed by atoms with Gasteiger partial charge in [0.2, 0.25) is 0 Å². The summed E-state index contributed by atoms with van der Waals surface area (Å²) in [5.41, 5.74) is 3.32. The molecule has 28 heavy (non-hydrogen) atoms. The highest BCUT2D eigenvalue weighted by Gasteiger charge is 2.37. The molecule has 2 aromatic heterocycles. The van der Waals surface area contributed by atoms with Gasteiger partial charge in [-0.15, -0.1) is 10.2 Å². The molecule has 3 heterocycles. The standard InChI is InChI=1S/C21H19F2N5/c1-10-14(12-5-6-15(22)17-13(12)7-8-24-17)9-16(23)18-19(10)28-11(2)26-27-20(28)21(3,4)25-18/h5-9,24-25H,1-4H3. The van der Waals surface area contributed by atoms with Crippen molar-refractivity contribution in [3.05, 3.63) is 59.3 Å². The van der Waals surface area contributed by atoms with Crippen molar-refractivity contribution in [3.63, 3.8) is 0 Å². The van der Waals surface area contributed by atoms with Crippen LogP contribution in [0.4, 0.5) is 14.5 Å². The van der Waals surface area contributed by atoms with Gasteiger partial charge < -0.3 is 10.3 Å². The van der Waals surface area contributed by atoms with Crippen LogP contribution in [0.15, 0.2) is 30.5 Å². The number of nitrogens with one attached hydrogen (secondary N) is 2. The number of nitrogens with zero attached hydrogens (tertiary/aromatic N) is 3. The summed E-state index contributed by atoms with van der Waals surface area (Å²) < 4.78 is 31.3. The van der Waals surface area contributed by atoms with E-state index in [0.29, 0.717) is 33.7 Å². The molecule has 5 rings (SSSR count). The van der Waals surface area contributed by atoms with Crippen molar-refractivity contribution in [3.8, 4) is 16.8 Å². The molecule has 7 heteroatoms. The Bertz CT molecular complexity index is 1270. The van der Waals surface area contributed by atoms with Crippen LogP contribution in [0.25, 0.3) is 27.7 Å². The number of hydrogen-bond acceptors (Lipinski definition) is 3. The van der Waals surface area contributed by atoms with Gasteiger partial charge in [0.05, 0.1) is 22.4 Å². The highest BCUT2D eigenvalue weighted by atomic mass is 19.1. The van der Waals surface area contributed by atoms with Crippen LogP contribution in [0.1, 0.15) is 31.1 Å². The molecule has 0 saturated heterocycles. The van der Waals surface area contributed by atoms with E-state index in [0.717, 1.165) is 17.0 Å². The molecule has 0 unspecified atom stereocenters. The van der Waals surface area contributed by atoms with Gasteiger partial charge in [-0.1, -0.05) is 6.07 Å². The molecule has 4 aromatic rings. The second-order valence-electron chi connectivity index (χ2n) is 7.77. The van der Waals surface area contributed by atoms with E-state index >= 15 is 4.39 Å². The molecule has 1 aliphatic heterocycles. The van der Waals surface area contributed by atoms with Crippen molar-refractivity contribution >= 4 is 16.6 Å². The molecule has 2 aromatic carbocycles. The monoisotopic (exact) mass is 379 g/mol. The van der Waals surface area contributed by atoms with Crippen LogP contribution < -0.4 is 5.32 Å². The third-order valence-electron chi connectivity index (χ3n) is 5.51. The van der Waals surface area contributed by atoms with E-state index in [9.17, 15) is 4.39 Å². The Kier molecular flexibility index (Phi) is 3.27. The molecular formula is C21H19F2N5. The number of aromatic nitrogens is 4. The van der Waals surface area contributed by atoms with Crippen molar-refractivity contribution in [2.45, 2.75) is 33.2 Å². The fourth-order valence-corrected chi connectivity index (χ4v) is 4.17. The molecule has 0 aliphatic carbocycles. The van der Waals surface area contributed by atoms with Gasteiger partial charge in [-0.3, -0.25) is 4.57 Å². The zero-order valence-corrected chi connectivity index (χ0v) is 16.0. The van der Waals surface area contributed by atoms with E-state index < -0.39 is 5.54 Å². The van der Waals surface area contributed by atoms with Gasteiger partial charge in [0.1, 0.15) is 17.5 Å². The van der Waals surface area contributed by atoms with Gasteiger partial charge >= 0.3 is 0 Å². The summed E-state index contributed by atoms with van der Waals surface area (Å²) in [6.45, 7) is 7.69. The number of fused-ring (bicyclic) bond motifs is 4. The Hall–Kier alpha value is -3.22. The Morgan fingerprint density at radius 2 is 1.79 bits per heavy atom. The zero-order chi connectivity index (χ0) is 19.8. The van der Waals surface area contributed by atoms with Crippen LogP contribution in [0, 0.1) is 25.5 Å². The third kappa shape index (κ3) is 2.10. The highest BCUT2D eigenvalue weighted by molar-refractivity contribution is 5.97. The minimum atomic E-state index is -0.563. The van der Waals surface area contributed by atoms with Gasteiger partial charge in [0.15, 0.2) is 5.82 Å². The van der Waals surface area contributed by atoms with E-state index in [1.807, 2.05) is 32.3 Å². The second-order valence-corrected chi connectivity index (χ2v) is 7.77. The maximum Gasteiger partial charge on any atom is 0.162 e. The van der Waals surface area contributed by atoms with Crippen LogP contribution in [0.3, 0.4) is 0 Å². The topological polar surface area (TPSA) is 58.5 Å². The summed E-state index contributed by atoms with van der Waals surface area (Å²) >= 11 is 0. The minimum absolute atomic E-state index is 0.333. The normalized spacial score (nSPS) is 14.6. The molecule has 0 atom stereocenters. The van der Waals surface area contributed by atoms with Crippen LogP contribution in [-0.2, 0) is 5.54 Å². The molecular weight excluding hydrogens is 360 g/mol. The lowest BCUT2D eigenvalue weighted by Crippen LogP contribution is -2.37. The lowest BCUT2D eigenvalue weighted by Gasteiger charge is -2.35. The quantitative estimate of drug-likeness (QED) is 0.491.